The summed E-state index contributed by atoms with van der Waals surface area (Å²) in [6.45, 7) is 4.01. The normalized spacial score (nSPS) is 14.9. The van der Waals surface area contributed by atoms with Crippen LogP contribution in [0.3, 0.4) is 0 Å². The predicted octanol–water partition coefficient (Wildman–Crippen LogP) is 2.45. The van der Waals surface area contributed by atoms with E-state index in [1.807, 2.05) is 18.2 Å². The van der Waals surface area contributed by atoms with E-state index in [-0.39, 0.29) is 17.9 Å². The van der Waals surface area contributed by atoms with Gasteiger partial charge in [-0.3, -0.25) is 23.8 Å². The number of fused-ring (bicyclic) bond motifs is 1. The van der Waals surface area contributed by atoms with Crippen LogP contribution in [-0.2, 0) is 13.6 Å². The molecule has 1 aliphatic heterocycles. The molecule has 1 N–H and O–H groups in total. The summed E-state index contributed by atoms with van der Waals surface area (Å²) >= 11 is 0. The number of halogens is 1. The Morgan fingerprint density at radius 3 is 2.46 bits per heavy atom. The van der Waals surface area contributed by atoms with Crippen molar-refractivity contribution in [2.75, 3.05) is 37.6 Å². The molecule has 180 valence electrons. The molecule has 8 nitrogen and oxygen atoms in total. The maximum absolute atomic E-state index is 14.5. The third-order valence-electron chi connectivity index (χ3n) is 6.40. The molecule has 3 heterocycles. The van der Waals surface area contributed by atoms with Crippen molar-refractivity contribution in [3.8, 4) is 0 Å². The number of aromatic amines is 1. The van der Waals surface area contributed by atoms with Crippen molar-refractivity contribution >= 4 is 23.2 Å². The number of hydrogen-bond acceptors (Lipinski definition) is 5. The van der Waals surface area contributed by atoms with E-state index in [2.05, 4.69) is 44.1 Å². The molecule has 1 saturated heterocycles. The van der Waals surface area contributed by atoms with E-state index < -0.39 is 11.2 Å². The van der Waals surface area contributed by atoms with Crippen molar-refractivity contribution in [3.05, 3.63) is 98.5 Å². The van der Waals surface area contributed by atoms with Gasteiger partial charge in [0.05, 0.1) is 6.54 Å². The number of nitrogens with one attached hydrogen (secondary N) is 1. The summed E-state index contributed by atoms with van der Waals surface area (Å²) in [6, 6.07) is 16.7. The van der Waals surface area contributed by atoms with Crippen LogP contribution in [0.15, 0.2) is 70.3 Å². The average molecular weight is 475 g/mol. The van der Waals surface area contributed by atoms with Crippen LogP contribution in [0.4, 0.5) is 10.3 Å². The molecule has 0 amide bonds. The quantitative estimate of drug-likeness (QED) is 0.465. The van der Waals surface area contributed by atoms with E-state index in [9.17, 15) is 14.0 Å². The molecular weight excluding hydrogens is 447 g/mol. The Kier molecular flexibility index (Phi) is 6.33. The number of aromatic nitrogens is 4. The molecule has 1 aliphatic rings. The fourth-order valence-electron chi connectivity index (χ4n) is 4.44. The summed E-state index contributed by atoms with van der Waals surface area (Å²) in [7, 11) is 1.57. The number of aryl methyl sites for hydroxylation is 1. The minimum Gasteiger partial charge on any atom is -0.340 e. The summed E-state index contributed by atoms with van der Waals surface area (Å²) in [4.78, 5) is 36.4. The van der Waals surface area contributed by atoms with Crippen LogP contribution in [0.2, 0.25) is 0 Å². The van der Waals surface area contributed by atoms with Gasteiger partial charge in [-0.2, -0.15) is 4.98 Å². The Morgan fingerprint density at radius 2 is 1.71 bits per heavy atom. The molecule has 4 aromatic rings. The third kappa shape index (κ3) is 4.67. The Labute approximate surface area is 201 Å². The van der Waals surface area contributed by atoms with E-state index >= 15 is 0 Å². The first-order chi connectivity index (χ1) is 17.0. The molecule has 0 bridgehead atoms. The molecule has 0 spiro atoms. The molecule has 9 heteroatoms. The minimum absolute atomic E-state index is 0.139. The average Bonchev–Trinajstić information content (AvgIpc) is 3.25. The molecule has 2 aromatic carbocycles. The molecule has 1 fully saturated rings. The molecule has 0 radical (unpaired) electrons. The monoisotopic (exact) mass is 474 g/mol. The Hall–Kier alpha value is -3.98. The fraction of sp³-hybridized carbons (Fsp3) is 0.269. The van der Waals surface area contributed by atoms with Gasteiger partial charge in [0.15, 0.2) is 11.2 Å². The summed E-state index contributed by atoms with van der Waals surface area (Å²) < 4.78 is 17.5. The van der Waals surface area contributed by atoms with E-state index in [0.717, 1.165) is 19.6 Å². The smallest absolute Gasteiger partial charge is 0.329 e. The van der Waals surface area contributed by atoms with Crippen molar-refractivity contribution in [1.82, 2.24) is 24.0 Å². The zero-order chi connectivity index (χ0) is 24.4. The number of rotatable bonds is 6. The number of benzene rings is 2. The molecule has 0 atom stereocenters. The van der Waals surface area contributed by atoms with Gasteiger partial charge >= 0.3 is 5.69 Å². The lowest BCUT2D eigenvalue weighted by atomic mass is 10.2. The molecule has 0 unspecified atom stereocenters. The number of imidazole rings is 1. The maximum atomic E-state index is 14.5. The zero-order valence-corrected chi connectivity index (χ0v) is 19.5. The van der Waals surface area contributed by atoms with Crippen LogP contribution in [0, 0.1) is 5.82 Å². The topological polar surface area (TPSA) is 79.2 Å². The van der Waals surface area contributed by atoms with Crippen LogP contribution in [0.5, 0.6) is 0 Å². The van der Waals surface area contributed by atoms with E-state index in [1.165, 1.54) is 16.2 Å². The van der Waals surface area contributed by atoms with Gasteiger partial charge in [-0.1, -0.05) is 60.7 Å². The Balaban J connectivity index is 1.41. The first-order valence-corrected chi connectivity index (χ1v) is 11.6. The van der Waals surface area contributed by atoms with Crippen LogP contribution >= 0.6 is 0 Å². The standard InChI is InChI=1S/C26H27FN6O2/c1-30-23-22(24(34)29-26(30)35)33(18-20-11-5-6-12-21(20)27)25(28-23)32-16-14-31(15-17-32)13-7-10-19-8-3-2-4-9-19/h2-12H,13-18H2,1H3,(H,29,34,35). The number of piperazine rings is 1. The van der Waals surface area contributed by atoms with E-state index in [4.69, 9.17) is 0 Å². The lowest BCUT2D eigenvalue weighted by molar-refractivity contribution is 0.282. The van der Waals surface area contributed by atoms with Crippen molar-refractivity contribution in [3.63, 3.8) is 0 Å². The predicted molar refractivity (Wildman–Crippen MR) is 135 cm³/mol. The second-order valence-corrected chi connectivity index (χ2v) is 8.68. The third-order valence-corrected chi connectivity index (χ3v) is 6.40. The summed E-state index contributed by atoms with van der Waals surface area (Å²) in [6.07, 6.45) is 4.28. The maximum Gasteiger partial charge on any atom is 0.329 e. The van der Waals surface area contributed by atoms with Gasteiger partial charge in [-0.15, -0.1) is 0 Å². The van der Waals surface area contributed by atoms with Gasteiger partial charge in [0, 0.05) is 45.3 Å². The SMILES string of the molecule is Cn1c(=O)[nH]c(=O)c2c1nc(N1CCN(CC=Cc3ccccc3)CC1)n2Cc1ccccc1F. The summed E-state index contributed by atoms with van der Waals surface area (Å²) in [5, 5.41) is 0. The van der Waals surface area contributed by atoms with Gasteiger partial charge in [0.2, 0.25) is 5.95 Å². The van der Waals surface area contributed by atoms with Gasteiger partial charge in [-0.05, 0) is 11.6 Å². The molecule has 5 rings (SSSR count). The fourth-order valence-corrected chi connectivity index (χ4v) is 4.44. The summed E-state index contributed by atoms with van der Waals surface area (Å²) in [5.74, 6) is 0.214. The van der Waals surface area contributed by atoms with Gasteiger partial charge in [0.25, 0.3) is 5.56 Å². The van der Waals surface area contributed by atoms with Gasteiger partial charge in [0.1, 0.15) is 5.82 Å². The van der Waals surface area contributed by atoms with Gasteiger partial charge < -0.3 is 4.90 Å². The lowest BCUT2D eigenvalue weighted by Gasteiger charge is -2.35. The Bertz CT molecular complexity index is 1480. The van der Waals surface area contributed by atoms with Crippen molar-refractivity contribution < 1.29 is 4.39 Å². The molecule has 0 aliphatic carbocycles. The highest BCUT2D eigenvalue weighted by molar-refractivity contribution is 5.74. The second kappa shape index (κ2) is 9.71. The second-order valence-electron chi connectivity index (χ2n) is 8.68. The van der Waals surface area contributed by atoms with Crippen molar-refractivity contribution in [2.45, 2.75) is 6.54 Å². The molecule has 35 heavy (non-hydrogen) atoms. The number of anilines is 1. The van der Waals surface area contributed by atoms with Crippen LogP contribution in [0.1, 0.15) is 11.1 Å². The highest BCUT2D eigenvalue weighted by atomic mass is 19.1. The number of hydrogen-bond donors (Lipinski definition) is 1. The van der Waals surface area contributed by atoms with E-state index in [0.29, 0.717) is 30.2 Å². The van der Waals surface area contributed by atoms with E-state index in [1.54, 1.807) is 29.8 Å². The summed E-state index contributed by atoms with van der Waals surface area (Å²) in [5.41, 5.74) is 1.12. The molecular formula is C26H27FN6O2. The van der Waals surface area contributed by atoms with Crippen LogP contribution in [0.25, 0.3) is 17.2 Å². The zero-order valence-electron chi connectivity index (χ0n) is 19.5. The first kappa shape index (κ1) is 22.8. The number of H-pyrrole nitrogens is 1. The largest absolute Gasteiger partial charge is 0.340 e. The van der Waals surface area contributed by atoms with Gasteiger partial charge in [-0.25, -0.2) is 9.18 Å². The van der Waals surface area contributed by atoms with Crippen molar-refractivity contribution in [2.24, 2.45) is 7.05 Å². The van der Waals surface area contributed by atoms with Crippen LogP contribution < -0.4 is 16.1 Å². The first-order valence-electron chi connectivity index (χ1n) is 11.6. The molecule has 0 saturated carbocycles. The lowest BCUT2D eigenvalue weighted by Crippen LogP contribution is -2.47. The van der Waals surface area contributed by atoms with Crippen molar-refractivity contribution in [1.29, 1.82) is 0 Å². The highest BCUT2D eigenvalue weighted by Crippen LogP contribution is 2.23. The Morgan fingerprint density at radius 1 is 1.00 bits per heavy atom. The number of nitrogens with zero attached hydrogens (tertiary/aromatic N) is 5. The van der Waals surface area contributed by atoms with Crippen LogP contribution in [-0.4, -0.2) is 56.7 Å². The highest BCUT2D eigenvalue weighted by Gasteiger charge is 2.25. The molecule has 2 aromatic heterocycles. The minimum atomic E-state index is -0.528.